The first-order valence-electron chi connectivity index (χ1n) is 7.01. The number of nitrogens with one attached hydrogen (secondary N) is 2. The van der Waals surface area contributed by atoms with Crippen LogP contribution in [0.2, 0.25) is 0 Å². The molecule has 112 valence electrons. The lowest BCUT2D eigenvalue weighted by molar-refractivity contribution is -0.123. The van der Waals surface area contributed by atoms with Crippen LogP contribution in [-0.4, -0.2) is 18.1 Å². The number of hydrogen-bond acceptors (Lipinski definition) is 3. The second-order valence-electron chi connectivity index (χ2n) is 5.08. The molecule has 0 saturated heterocycles. The van der Waals surface area contributed by atoms with Crippen LogP contribution in [0.3, 0.4) is 0 Å². The van der Waals surface area contributed by atoms with E-state index in [1.165, 1.54) is 0 Å². The standard InChI is InChI=1S/C17H16N2O2S/c1-22-15-9-5-4-8-14(15)19-17(21)12-10-16(20)18-13-7-3-2-6-11(12)13/h2-9,12H,10H2,1H3,(H,18,20)(H,19,21). The summed E-state index contributed by atoms with van der Waals surface area (Å²) in [5.74, 6) is -0.735. The summed E-state index contributed by atoms with van der Waals surface area (Å²) in [6.07, 6.45) is 2.14. The summed E-state index contributed by atoms with van der Waals surface area (Å²) in [5, 5.41) is 5.76. The summed E-state index contributed by atoms with van der Waals surface area (Å²) >= 11 is 1.58. The molecule has 0 bridgehead atoms. The van der Waals surface area contributed by atoms with Crippen LogP contribution in [0.5, 0.6) is 0 Å². The van der Waals surface area contributed by atoms with Gasteiger partial charge in [-0.05, 0) is 30.0 Å². The summed E-state index contributed by atoms with van der Waals surface area (Å²) in [5.41, 5.74) is 2.36. The molecule has 2 amide bonds. The monoisotopic (exact) mass is 312 g/mol. The first-order valence-corrected chi connectivity index (χ1v) is 8.24. The Hall–Kier alpha value is -2.27. The van der Waals surface area contributed by atoms with E-state index in [4.69, 9.17) is 0 Å². The zero-order chi connectivity index (χ0) is 15.5. The van der Waals surface area contributed by atoms with Gasteiger partial charge in [-0.2, -0.15) is 0 Å². The molecule has 0 fully saturated rings. The number of hydrogen-bond donors (Lipinski definition) is 2. The summed E-state index contributed by atoms with van der Waals surface area (Å²) in [6.45, 7) is 0. The number of benzene rings is 2. The number of amides is 2. The van der Waals surface area contributed by atoms with Gasteiger partial charge in [0, 0.05) is 17.0 Å². The van der Waals surface area contributed by atoms with Crippen molar-refractivity contribution < 1.29 is 9.59 Å². The van der Waals surface area contributed by atoms with Crippen LogP contribution in [0.15, 0.2) is 53.4 Å². The van der Waals surface area contributed by atoms with Gasteiger partial charge in [0.25, 0.3) is 0 Å². The number of para-hydroxylation sites is 2. The molecule has 1 unspecified atom stereocenters. The number of anilines is 2. The Morgan fingerprint density at radius 1 is 1.18 bits per heavy atom. The highest BCUT2D eigenvalue weighted by molar-refractivity contribution is 7.98. The molecule has 1 aliphatic rings. The Balaban J connectivity index is 1.88. The molecule has 2 aromatic carbocycles. The van der Waals surface area contributed by atoms with E-state index >= 15 is 0 Å². The molecular formula is C17H16N2O2S. The van der Waals surface area contributed by atoms with E-state index in [2.05, 4.69) is 10.6 Å². The fourth-order valence-corrected chi connectivity index (χ4v) is 3.17. The van der Waals surface area contributed by atoms with Gasteiger partial charge in [-0.3, -0.25) is 9.59 Å². The smallest absolute Gasteiger partial charge is 0.232 e. The molecule has 2 aromatic rings. The molecule has 1 heterocycles. The van der Waals surface area contributed by atoms with Gasteiger partial charge in [-0.25, -0.2) is 0 Å². The first-order chi connectivity index (χ1) is 10.7. The van der Waals surface area contributed by atoms with E-state index in [9.17, 15) is 9.59 Å². The van der Waals surface area contributed by atoms with E-state index < -0.39 is 5.92 Å². The number of carbonyl (C=O) groups is 2. The summed E-state index contributed by atoms with van der Waals surface area (Å²) in [6, 6.07) is 15.1. The highest BCUT2D eigenvalue weighted by Gasteiger charge is 2.30. The molecule has 0 radical (unpaired) electrons. The molecule has 0 saturated carbocycles. The second-order valence-corrected chi connectivity index (χ2v) is 5.93. The maximum absolute atomic E-state index is 12.6. The average Bonchev–Trinajstić information content (AvgIpc) is 2.54. The van der Waals surface area contributed by atoms with Gasteiger partial charge in [-0.15, -0.1) is 11.8 Å². The zero-order valence-corrected chi connectivity index (χ0v) is 12.9. The van der Waals surface area contributed by atoms with E-state index in [-0.39, 0.29) is 18.2 Å². The van der Waals surface area contributed by atoms with Gasteiger partial charge in [0.2, 0.25) is 11.8 Å². The maximum Gasteiger partial charge on any atom is 0.232 e. The first kappa shape index (κ1) is 14.7. The largest absolute Gasteiger partial charge is 0.326 e. The normalized spacial score (nSPS) is 16.6. The minimum Gasteiger partial charge on any atom is -0.326 e. The van der Waals surface area contributed by atoms with Crippen molar-refractivity contribution in [2.24, 2.45) is 0 Å². The second kappa shape index (κ2) is 6.23. The molecule has 5 heteroatoms. The van der Waals surface area contributed by atoms with Crippen LogP contribution < -0.4 is 10.6 Å². The van der Waals surface area contributed by atoms with Crippen molar-refractivity contribution in [1.29, 1.82) is 0 Å². The molecule has 1 aliphatic heterocycles. The van der Waals surface area contributed by atoms with E-state index in [0.29, 0.717) is 0 Å². The quantitative estimate of drug-likeness (QED) is 0.853. The highest BCUT2D eigenvalue weighted by Crippen LogP contribution is 2.33. The molecule has 0 spiro atoms. The molecule has 0 aliphatic carbocycles. The van der Waals surface area contributed by atoms with Crippen LogP contribution in [0.4, 0.5) is 11.4 Å². The molecule has 2 N–H and O–H groups in total. The lowest BCUT2D eigenvalue weighted by atomic mass is 9.90. The van der Waals surface area contributed by atoms with E-state index in [1.807, 2.05) is 54.8 Å². The Bertz CT molecular complexity index is 730. The minimum absolute atomic E-state index is 0.128. The Labute approximate surface area is 133 Å². The van der Waals surface area contributed by atoms with Crippen molar-refractivity contribution >= 4 is 35.0 Å². The number of carbonyl (C=O) groups excluding carboxylic acids is 2. The van der Waals surface area contributed by atoms with Crippen LogP contribution in [0.1, 0.15) is 17.9 Å². The van der Waals surface area contributed by atoms with Gasteiger partial charge in [-0.1, -0.05) is 30.3 Å². The highest BCUT2D eigenvalue weighted by atomic mass is 32.2. The van der Waals surface area contributed by atoms with Crippen LogP contribution in [0, 0.1) is 0 Å². The molecule has 0 aromatic heterocycles. The molecular weight excluding hydrogens is 296 g/mol. The van der Waals surface area contributed by atoms with Crippen molar-refractivity contribution in [2.75, 3.05) is 16.9 Å². The lowest BCUT2D eigenvalue weighted by Gasteiger charge is -2.25. The Morgan fingerprint density at radius 3 is 2.73 bits per heavy atom. The van der Waals surface area contributed by atoms with Crippen molar-refractivity contribution in [3.8, 4) is 0 Å². The van der Waals surface area contributed by atoms with Crippen molar-refractivity contribution in [3.63, 3.8) is 0 Å². The molecule has 3 rings (SSSR count). The van der Waals surface area contributed by atoms with E-state index in [1.54, 1.807) is 11.8 Å². The lowest BCUT2D eigenvalue weighted by Crippen LogP contribution is -2.30. The molecule has 1 atom stereocenters. The Kier molecular flexibility index (Phi) is 4.15. The van der Waals surface area contributed by atoms with Gasteiger partial charge >= 0.3 is 0 Å². The van der Waals surface area contributed by atoms with E-state index in [0.717, 1.165) is 21.8 Å². The summed E-state index contributed by atoms with van der Waals surface area (Å²) in [4.78, 5) is 25.5. The average molecular weight is 312 g/mol. The number of fused-ring (bicyclic) bond motifs is 1. The predicted molar refractivity (Wildman–Crippen MR) is 89.3 cm³/mol. The minimum atomic E-state index is -0.458. The van der Waals surface area contributed by atoms with Gasteiger partial charge in [0.05, 0.1) is 11.6 Å². The number of thioether (sulfide) groups is 1. The van der Waals surface area contributed by atoms with Crippen molar-refractivity contribution in [3.05, 3.63) is 54.1 Å². The maximum atomic E-state index is 12.6. The SMILES string of the molecule is CSc1ccccc1NC(=O)C1CC(=O)Nc2ccccc21. The Morgan fingerprint density at radius 2 is 1.91 bits per heavy atom. The van der Waals surface area contributed by atoms with Gasteiger partial charge in [0.15, 0.2) is 0 Å². The fourth-order valence-electron chi connectivity index (χ4n) is 2.61. The van der Waals surface area contributed by atoms with Gasteiger partial charge in [0.1, 0.15) is 0 Å². The van der Waals surface area contributed by atoms with Crippen molar-refractivity contribution in [1.82, 2.24) is 0 Å². The van der Waals surface area contributed by atoms with Crippen LogP contribution in [0.25, 0.3) is 0 Å². The summed E-state index contributed by atoms with van der Waals surface area (Å²) in [7, 11) is 0. The number of rotatable bonds is 3. The van der Waals surface area contributed by atoms with Gasteiger partial charge < -0.3 is 10.6 Å². The topological polar surface area (TPSA) is 58.2 Å². The zero-order valence-electron chi connectivity index (χ0n) is 12.1. The van der Waals surface area contributed by atoms with Crippen LogP contribution in [-0.2, 0) is 9.59 Å². The van der Waals surface area contributed by atoms with Crippen molar-refractivity contribution in [2.45, 2.75) is 17.2 Å². The fraction of sp³-hybridized carbons (Fsp3) is 0.176. The summed E-state index contributed by atoms with van der Waals surface area (Å²) < 4.78 is 0. The third kappa shape index (κ3) is 2.85. The third-order valence-electron chi connectivity index (χ3n) is 3.68. The molecule has 22 heavy (non-hydrogen) atoms. The molecule has 4 nitrogen and oxygen atoms in total. The third-order valence-corrected chi connectivity index (χ3v) is 4.48. The van der Waals surface area contributed by atoms with Crippen LogP contribution >= 0.6 is 11.8 Å². The predicted octanol–water partition coefficient (Wildman–Crippen LogP) is 3.47.